The number of thioether (sulfide) groups is 1. The normalized spacial score (nSPS) is 19.1. The van der Waals surface area contributed by atoms with E-state index in [2.05, 4.69) is 20.8 Å². The largest absolute Gasteiger partial charge is 0.347 e. The Morgan fingerprint density at radius 1 is 1.67 bits per heavy atom. The van der Waals surface area contributed by atoms with E-state index in [1.54, 1.807) is 6.92 Å². The van der Waals surface area contributed by atoms with E-state index in [9.17, 15) is 4.79 Å². The molecule has 8 heteroatoms. The van der Waals surface area contributed by atoms with Crippen LogP contribution in [0.2, 0.25) is 0 Å². The van der Waals surface area contributed by atoms with Crippen LogP contribution in [0, 0.1) is 6.92 Å². The summed E-state index contributed by atoms with van der Waals surface area (Å²) in [4.78, 5) is 15.7. The molecule has 0 saturated carbocycles. The highest BCUT2D eigenvalue weighted by Gasteiger charge is 2.16. The van der Waals surface area contributed by atoms with Crippen LogP contribution in [0.5, 0.6) is 0 Å². The summed E-state index contributed by atoms with van der Waals surface area (Å²) in [5.41, 5.74) is 0. The fourth-order valence-electron chi connectivity index (χ4n) is 1.63. The van der Waals surface area contributed by atoms with Gasteiger partial charge in [0.05, 0.1) is 6.54 Å². The Morgan fingerprint density at radius 3 is 3.11 bits per heavy atom. The third-order valence-electron chi connectivity index (χ3n) is 2.44. The average Bonchev–Trinajstić information content (AvgIpc) is 2.74. The Kier molecular flexibility index (Phi) is 6.45. The lowest BCUT2D eigenvalue weighted by molar-refractivity contribution is -0.121. The van der Waals surface area contributed by atoms with Gasteiger partial charge in [-0.2, -0.15) is 16.7 Å². The number of halogens is 1. The highest BCUT2D eigenvalue weighted by atomic mass is 35.5. The van der Waals surface area contributed by atoms with Crippen LogP contribution in [-0.2, 0) is 11.3 Å². The molecule has 1 aromatic rings. The van der Waals surface area contributed by atoms with Gasteiger partial charge in [0.25, 0.3) is 0 Å². The van der Waals surface area contributed by atoms with Crippen LogP contribution in [0.3, 0.4) is 0 Å². The van der Waals surface area contributed by atoms with Gasteiger partial charge >= 0.3 is 0 Å². The van der Waals surface area contributed by atoms with Crippen molar-refractivity contribution in [1.82, 2.24) is 20.8 Å². The molecular formula is C10H17ClN4O2S. The number of hydrogen-bond acceptors (Lipinski definition) is 6. The fraction of sp³-hybridized carbons (Fsp3) is 0.700. The van der Waals surface area contributed by atoms with Crippen molar-refractivity contribution < 1.29 is 9.32 Å². The Morgan fingerprint density at radius 2 is 2.50 bits per heavy atom. The second kappa shape index (κ2) is 7.60. The van der Waals surface area contributed by atoms with Crippen molar-refractivity contribution in [3.63, 3.8) is 0 Å². The molecule has 1 amide bonds. The smallest absolute Gasteiger partial charge is 0.246 e. The van der Waals surface area contributed by atoms with Gasteiger partial charge in [-0.3, -0.25) is 4.79 Å². The summed E-state index contributed by atoms with van der Waals surface area (Å²) in [5.74, 6) is 3.16. The molecule has 18 heavy (non-hydrogen) atoms. The summed E-state index contributed by atoms with van der Waals surface area (Å²) in [5, 5.41) is 9.75. The van der Waals surface area contributed by atoms with Crippen LogP contribution in [0.1, 0.15) is 18.1 Å². The number of aryl methyl sites for hydroxylation is 1. The van der Waals surface area contributed by atoms with Gasteiger partial charge in [0.2, 0.25) is 11.8 Å². The maximum absolute atomic E-state index is 11.6. The van der Waals surface area contributed by atoms with Crippen molar-refractivity contribution in [2.24, 2.45) is 0 Å². The number of carbonyl (C=O) groups excluding carboxylic acids is 1. The molecule has 102 valence electrons. The standard InChI is InChI=1S/C10H16N4O2S.ClH/c1-7-13-10(16-14-7)5-12-9(15)4-8-6-17-3-2-11-8;/h8,11H,2-6H2,1H3,(H,12,15);1H. The molecule has 0 spiro atoms. The molecule has 0 radical (unpaired) electrons. The van der Waals surface area contributed by atoms with Crippen LogP contribution in [0.25, 0.3) is 0 Å². The van der Waals surface area contributed by atoms with E-state index in [4.69, 9.17) is 4.52 Å². The Labute approximate surface area is 116 Å². The topological polar surface area (TPSA) is 80.0 Å². The number of hydrogen-bond donors (Lipinski definition) is 2. The van der Waals surface area contributed by atoms with Crippen LogP contribution in [0.15, 0.2) is 4.52 Å². The lowest BCUT2D eigenvalue weighted by atomic mass is 10.2. The van der Waals surface area contributed by atoms with Crippen LogP contribution in [-0.4, -0.2) is 40.1 Å². The predicted molar refractivity (Wildman–Crippen MR) is 71.9 cm³/mol. The van der Waals surface area contributed by atoms with E-state index in [-0.39, 0.29) is 24.4 Å². The van der Waals surface area contributed by atoms with Crippen molar-refractivity contribution in [3.05, 3.63) is 11.7 Å². The van der Waals surface area contributed by atoms with Gasteiger partial charge in [0.1, 0.15) is 0 Å². The number of rotatable bonds is 4. The monoisotopic (exact) mass is 292 g/mol. The summed E-state index contributed by atoms with van der Waals surface area (Å²) in [6, 6.07) is 0.276. The molecule has 1 aliphatic rings. The predicted octanol–water partition coefficient (Wildman–Crippen LogP) is 0.511. The van der Waals surface area contributed by atoms with Crippen LogP contribution < -0.4 is 10.6 Å². The van der Waals surface area contributed by atoms with E-state index in [0.29, 0.717) is 24.7 Å². The van der Waals surface area contributed by atoms with E-state index in [1.807, 2.05) is 11.8 Å². The molecule has 2 heterocycles. The van der Waals surface area contributed by atoms with Crippen molar-refractivity contribution in [2.75, 3.05) is 18.1 Å². The first-order valence-electron chi connectivity index (χ1n) is 5.61. The van der Waals surface area contributed by atoms with Gasteiger partial charge in [-0.15, -0.1) is 12.4 Å². The SMILES string of the molecule is Cc1noc(CNC(=O)CC2CSCCN2)n1.Cl. The first-order valence-corrected chi connectivity index (χ1v) is 6.76. The number of amides is 1. The number of nitrogens with one attached hydrogen (secondary N) is 2. The molecule has 2 N–H and O–H groups in total. The maximum atomic E-state index is 11.6. The van der Waals surface area contributed by atoms with Crippen molar-refractivity contribution >= 4 is 30.1 Å². The lowest BCUT2D eigenvalue weighted by Crippen LogP contribution is -2.41. The van der Waals surface area contributed by atoms with Gasteiger partial charge in [0.15, 0.2) is 5.82 Å². The Bertz CT molecular complexity index is 382. The Balaban J connectivity index is 0.00000162. The molecule has 0 bridgehead atoms. The van der Waals surface area contributed by atoms with Crippen molar-refractivity contribution in [1.29, 1.82) is 0 Å². The first-order chi connectivity index (χ1) is 8.24. The minimum atomic E-state index is 0. The molecule has 6 nitrogen and oxygen atoms in total. The second-order valence-corrected chi connectivity index (χ2v) is 5.09. The second-order valence-electron chi connectivity index (χ2n) is 3.94. The quantitative estimate of drug-likeness (QED) is 0.842. The van der Waals surface area contributed by atoms with Crippen molar-refractivity contribution in [3.8, 4) is 0 Å². The average molecular weight is 293 g/mol. The van der Waals surface area contributed by atoms with E-state index in [0.717, 1.165) is 18.1 Å². The van der Waals surface area contributed by atoms with Crippen LogP contribution >= 0.6 is 24.2 Å². The molecule has 1 fully saturated rings. The zero-order valence-electron chi connectivity index (χ0n) is 10.1. The van der Waals surface area contributed by atoms with Gasteiger partial charge in [-0.1, -0.05) is 5.16 Å². The van der Waals surface area contributed by atoms with E-state index < -0.39 is 0 Å². The summed E-state index contributed by atoms with van der Waals surface area (Å²) in [6.45, 7) is 3.03. The molecule has 1 saturated heterocycles. The summed E-state index contributed by atoms with van der Waals surface area (Å²) in [7, 11) is 0. The highest BCUT2D eigenvalue weighted by Crippen LogP contribution is 2.10. The summed E-state index contributed by atoms with van der Waals surface area (Å²) < 4.78 is 4.91. The lowest BCUT2D eigenvalue weighted by Gasteiger charge is -2.22. The summed E-state index contributed by atoms with van der Waals surface area (Å²) in [6.07, 6.45) is 0.500. The number of nitrogens with zero attached hydrogens (tertiary/aromatic N) is 2. The number of carbonyl (C=O) groups is 1. The molecule has 0 aliphatic carbocycles. The van der Waals surface area contributed by atoms with Gasteiger partial charge < -0.3 is 15.2 Å². The molecular weight excluding hydrogens is 276 g/mol. The highest BCUT2D eigenvalue weighted by molar-refractivity contribution is 7.99. The molecule has 1 aromatic heterocycles. The molecule has 1 unspecified atom stereocenters. The third kappa shape index (κ3) is 4.83. The number of aromatic nitrogens is 2. The van der Waals surface area contributed by atoms with Gasteiger partial charge in [-0.05, 0) is 6.92 Å². The molecule has 1 atom stereocenters. The fourth-order valence-corrected chi connectivity index (χ4v) is 2.58. The van der Waals surface area contributed by atoms with Crippen LogP contribution in [0.4, 0.5) is 0 Å². The van der Waals surface area contributed by atoms with Crippen molar-refractivity contribution in [2.45, 2.75) is 25.9 Å². The Hall–Kier alpha value is -0.790. The molecule has 2 rings (SSSR count). The molecule has 1 aliphatic heterocycles. The zero-order valence-corrected chi connectivity index (χ0v) is 11.8. The van der Waals surface area contributed by atoms with E-state index >= 15 is 0 Å². The summed E-state index contributed by atoms with van der Waals surface area (Å²) >= 11 is 1.88. The third-order valence-corrected chi connectivity index (χ3v) is 3.57. The van der Waals surface area contributed by atoms with Gasteiger partial charge in [0, 0.05) is 30.5 Å². The maximum Gasteiger partial charge on any atom is 0.246 e. The minimum Gasteiger partial charge on any atom is -0.347 e. The van der Waals surface area contributed by atoms with E-state index in [1.165, 1.54) is 0 Å². The first kappa shape index (κ1) is 15.3. The van der Waals surface area contributed by atoms with Gasteiger partial charge in [-0.25, -0.2) is 0 Å². The zero-order chi connectivity index (χ0) is 12.1. The minimum absolute atomic E-state index is 0. The molecule has 0 aromatic carbocycles.